The lowest BCUT2D eigenvalue weighted by Gasteiger charge is -2.21. The maximum Gasteiger partial charge on any atom is 0.358 e. The average molecular weight is 254 g/mol. The Hall–Kier alpha value is -1.92. The number of carboxylic acids is 1. The molecule has 1 N–H and O–H groups in total. The summed E-state index contributed by atoms with van der Waals surface area (Å²) < 4.78 is 1.25. The van der Waals surface area contributed by atoms with E-state index < -0.39 is 5.97 Å². The van der Waals surface area contributed by atoms with Crippen molar-refractivity contribution >= 4 is 11.9 Å². The van der Waals surface area contributed by atoms with Crippen LogP contribution in [0.15, 0.2) is 6.20 Å². The molecule has 1 heterocycles. The number of amides is 1. The molecule has 0 unspecified atom stereocenters. The maximum atomic E-state index is 12.0. The smallest absolute Gasteiger partial charge is 0.358 e. The molecule has 7 nitrogen and oxygen atoms in total. The van der Waals surface area contributed by atoms with Crippen molar-refractivity contribution in [2.75, 3.05) is 13.1 Å². The monoisotopic (exact) mass is 254 g/mol. The van der Waals surface area contributed by atoms with E-state index in [1.807, 2.05) is 13.8 Å². The van der Waals surface area contributed by atoms with Gasteiger partial charge in [0.2, 0.25) is 5.91 Å². The summed E-state index contributed by atoms with van der Waals surface area (Å²) in [6.07, 6.45) is 3.04. The van der Waals surface area contributed by atoms with Crippen LogP contribution in [0.3, 0.4) is 0 Å². The van der Waals surface area contributed by atoms with Crippen molar-refractivity contribution in [1.29, 1.82) is 0 Å². The van der Waals surface area contributed by atoms with Gasteiger partial charge in [0, 0.05) is 13.1 Å². The Bertz CT molecular complexity index is 410. The van der Waals surface area contributed by atoms with E-state index in [0.717, 1.165) is 12.8 Å². The van der Waals surface area contributed by atoms with Gasteiger partial charge in [-0.25, -0.2) is 9.48 Å². The summed E-state index contributed by atoms with van der Waals surface area (Å²) in [5.41, 5.74) is -0.152. The van der Waals surface area contributed by atoms with E-state index in [0.29, 0.717) is 13.1 Å². The molecule has 100 valence electrons. The second-order valence-electron chi connectivity index (χ2n) is 3.99. The number of hydrogen-bond donors (Lipinski definition) is 1. The minimum Gasteiger partial charge on any atom is -0.476 e. The van der Waals surface area contributed by atoms with Gasteiger partial charge in [0.15, 0.2) is 5.69 Å². The second kappa shape index (κ2) is 6.73. The number of carboxylic acid groups (broad SMARTS) is 1. The van der Waals surface area contributed by atoms with Gasteiger partial charge in [0.05, 0.1) is 6.20 Å². The molecule has 0 aliphatic heterocycles. The first kappa shape index (κ1) is 14.1. The summed E-state index contributed by atoms with van der Waals surface area (Å²) in [7, 11) is 0. The Balaban J connectivity index is 2.63. The van der Waals surface area contributed by atoms with Crippen molar-refractivity contribution in [3.05, 3.63) is 11.9 Å². The molecule has 1 amide bonds. The van der Waals surface area contributed by atoms with Crippen LogP contribution < -0.4 is 0 Å². The molecule has 7 heteroatoms. The summed E-state index contributed by atoms with van der Waals surface area (Å²) >= 11 is 0. The first-order valence-corrected chi connectivity index (χ1v) is 5.99. The lowest BCUT2D eigenvalue weighted by Crippen LogP contribution is -2.35. The van der Waals surface area contributed by atoms with Crippen LogP contribution in [-0.4, -0.2) is 50.0 Å². The highest BCUT2D eigenvalue weighted by atomic mass is 16.4. The van der Waals surface area contributed by atoms with Crippen LogP contribution in [0.1, 0.15) is 37.2 Å². The third kappa shape index (κ3) is 3.83. The van der Waals surface area contributed by atoms with E-state index in [1.54, 1.807) is 4.90 Å². The molecule has 0 radical (unpaired) electrons. The van der Waals surface area contributed by atoms with Gasteiger partial charge in [-0.3, -0.25) is 4.79 Å². The van der Waals surface area contributed by atoms with Crippen molar-refractivity contribution in [3.8, 4) is 0 Å². The zero-order chi connectivity index (χ0) is 13.5. The Morgan fingerprint density at radius 3 is 2.39 bits per heavy atom. The van der Waals surface area contributed by atoms with Crippen molar-refractivity contribution in [1.82, 2.24) is 19.9 Å². The number of aromatic nitrogens is 3. The van der Waals surface area contributed by atoms with Gasteiger partial charge in [-0.2, -0.15) is 0 Å². The third-order valence-electron chi connectivity index (χ3n) is 2.39. The van der Waals surface area contributed by atoms with Crippen molar-refractivity contribution in [3.63, 3.8) is 0 Å². The van der Waals surface area contributed by atoms with Crippen LogP contribution >= 0.6 is 0 Å². The standard InChI is InChI=1S/C11H18N4O3/c1-3-5-14(6-4-2)10(16)8-15-7-9(11(17)18)12-13-15/h7H,3-6,8H2,1-2H3,(H,17,18). The van der Waals surface area contributed by atoms with Crippen molar-refractivity contribution in [2.45, 2.75) is 33.2 Å². The number of carbonyl (C=O) groups is 2. The Kier molecular flexibility index (Phi) is 5.29. The normalized spacial score (nSPS) is 10.3. The fourth-order valence-corrected chi connectivity index (χ4v) is 1.61. The van der Waals surface area contributed by atoms with E-state index in [2.05, 4.69) is 10.3 Å². The van der Waals surface area contributed by atoms with E-state index in [-0.39, 0.29) is 18.1 Å². The molecule has 0 atom stereocenters. The first-order chi connectivity index (χ1) is 8.58. The van der Waals surface area contributed by atoms with Gasteiger partial charge in [-0.05, 0) is 12.8 Å². The fraction of sp³-hybridized carbons (Fsp3) is 0.636. The molecule has 0 aromatic carbocycles. The fourth-order valence-electron chi connectivity index (χ4n) is 1.61. The van der Waals surface area contributed by atoms with Crippen LogP contribution in [-0.2, 0) is 11.3 Å². The molecule has 1 aromatic rings. The molecule has 18 heavy (non-hydrogen) atoms. The van der Waals surface area contributed by atoms with Crippen LogP contribution in [0.25, 0.3) is 0 Å². The SMILES string of the molecule is CCCN(CCC)C(=O)Cn1cc(C(=O)O)nn1. The molecular formula is C11H18N4O3. The summed E-state index contributed by atoms with van der Waals surface area (Å²) in [6.45, 7) is 5.45. The van der Waals surface area contributed by atoms with Crippen LogP contribution in [0.4, 0.5) is 0 Å². The van der Waals surface area contributed by atoms with Gasteiger partial charge < -0.3 is 10.0 Å². The topological polar surface area (TPSA) is 88.3 Å². The van der Waals surface area contributed by atoms with Gasteiger partial charge in [-0.15, -0.1) is 5.10 Å². The molecule has 0 fully saturated rings. The van der Waals surface area contributed by atoms with Gasteiger partial charge in [-0.1, -0.05) is 19.1 Å². The zero-order valence-electron chi connectivity index (χ0n) is 10.7. The second-order valence-corrected chi connectivity index (χ2v) is 3.99. The largest absolute Gasteiger partial charge is 0.476 e. The lowest BCUT2D eigenvalue weighted by molar-refractivity contribution is -0.132. The summed E-state index contributed by atoms with van der Waals surface area (Å²) in [5, 5.41) is 15.8. The van der Waals surface area contributed by atoms with E-state index >= 15 is 0 Å². The predicted octanol–water partition coefficient (Wildman–Crippen LogP) is 0.625. The number of carbonyl (C=O) groups excluding carboxylic acids is 1. The number of nitrogens with zero attached hydrogens (tertiary/aromatic N) is 4. The lowest BCUT2D eigenvalue weighted by atomic mass is 10.3. The van der Waals surface area contributed by atoms with E-state index in [4.69, 9.17) is 5.11 Å². The summed E-state index contributed by atoms with van der Waals surface area (Å²) in [6, 6.07) is 0. The molecule has 0 spiro atoms. The Morgan fingerprint density at radius 2 is 1.94 bits per heavy atom. The average Bonchev–Trinajstić information content (AvgIpc) is 2.77. The molecule has 1 rings (SSSR count). The van der Waals surface area contributed by atoms with Crippen LogP contribution in [0.2, 0.25) is 0 Å². The van der Waals surface area contributed by atoms with Gasteiger partial charge >= 0.3 is 5.97 Å². The third-order valence-corrected chi connectivity index (χ3v) is 2.39. The molecule has 0 saturated carbocycles. The predicted molar refractivity (Wildman–Crippen MR) is 64.1 cm³/mol. The van der Waals surface area contributed by atoms with E-state index in [9.17, 15) is 9.59 Å². The molecule has 0 aliphatic rings. The minimum absolute atomic E-state index is 0.0281. The van der Waals surface area contributed by atoms with Crippen LogP contribution in [0, 0.1) is 0 Å². The molecular weight excluding hydrogens is 236 g/mol. The first-order valence-electron chi connectivity index (χ1n) is 5.99. The van der Waals surface area contributed by atoms with E-state index in [1.165, 1.54) is 10.9 Å². The van der Waals surface area contributed by atoms with Gasteiger partial charge in [0.25, 0.3) is 0 Å². The van der Waals surface area contributed by atoms with Crippen molar-refractivity contribution < 1.29 is 14.7 Å². The van der Waals surface area contributed by atoms with Gasteiger partial charge in [0.1, 0.15) is 6.54 Å². The molecule has 0 aliphatic carbocycles. The highest BCUT2D eigenvalue weighted by Crippen LogP contribution is 1.99. The number of aromatic carboxylic acids is 1. The number of rotatable bonds is 7. The molecule has 1 aromatic heterocycles. The Morgan fingerprint density at radius 1 is 1.33 bits per heavy atom. The summed E-state index contributed by atoms with van der Waals surface area (Å²) in [4.78, 5) is 24.3. The molecule has 0 bridgehead atoms. The maximum absolute atomic E-state index is 12.0. The highest BCUT2D eigenvalue weighted by Gasteiger charge is 2.15. The quantitative estimate of drug-likeness (QED) is 0.770. The minimum atomic E-state index is -1.15. The zero-order valence-corrected chi connectivity index (χ0v) is 10.7. The Labute approximate surface area is 105 Å². The highest BCUT2D eigenvalue weighted by molar-refractivity contribution is 5.84. The molecule has 0 saturated heterocycles. The van der Waals surface area contributed by atoms with Crippen LogP contribution in [0.5, 0.6) is 0 Å². The number of hydrogen-bond acceptors (Lipinski definition) is 4. The van der Waals surface area contributed by atoms with Crippen molar-refractivity contribution in [2.24, 2.45) is 0 Å². The summed E-state index contributed by atoms with van der Waals surface area (Å²) in [5.74, 6) is -1.21.